The molecular formula is C14H22N10O. The van der Waals surface area contributed by atoms with E-state index in [4.69, 9.17) is 22.3 Å². The van der Waals surface area contributed by atoms with E-state index in [2.05, 4.69) is 35.2 Å². The molecule has 0 amide bonds. The van der Waals surface area contributed by atoms with Crippen molar-refractivity contribution in [1.82, 2.24) is 29.9 Å². The number of hydrogen-bond donors (Lipinski definition) is 5. The molecule has 3 rings (SSSR count). The maximum atomic E-state index is 8.92. The van der Waals surface area contributed by atoms with Crippen LogP contribution in [0.15, 0.2) is 0 Å². The fourth-order valence-corrected chi connectivity index (χ4v) is 3.11. The highest BCUT2D eigenvalue weighted by atomic mass is 16.3. The number of nitrogens with zero attached hydrogens (tertiary/aromatic N) is 6. The number of hydrogen-bond acceptors (Lipinski definition) is 11. The van der Waals surface area contributed by atoms with Gasteiger partial charge in [0, 0.05) is 18.4 Å². The zero-order valence-corrected chi connectivity index (χ0v) is 13.8. The Morgan fingerprint density at radius 2 is 1.40 bits per heavy atom. The van der Waals surface area contributed by atoms with Crippen LogP contribution in [0.25, 0.3) is 0 Å². The number of anilines is 4. The Hall–Kier alpha value is -2.82. The summed E-state index contributed by atoms with van der Waals surface area (Å²) in [7, 11) is 0. The Labute approximate surface area is 144 Å². The third-order valence-corrected chi connectivity index (χ3v) is 4.16. The van der Waals surface area contributed by atoms with Crippen molar-refractivity contribution in [3.8, 4) is 0 Å². The van der Waals surface area contributed by atoms with Crippen LogP contribution < -0.4 is 22.5 Å². The van der Waals surface area contributed by atoms with Gasteiger partial charge < -0.3 is 27.6 Å². The normalized spacial score (nSPS) is 20.4. The number of nitrogens with two attached hydrogens (primary N) is 3. The van der Waals surface area contributed by atoms with E-state index in [1.807, 2.05) is 0 Å². The van der Waals surface area contributed by atoms with Gasteiger partial charge in [0.25, 0.3) is 0 Å². The van der Waals surface area contributed by atoms with E-state index in [-0.39, 0.29) is 36.3 Å². The Morgan fingerprint density at radius 3 is 2.00 bits per heavy atom. The fraction of sp³-hybridized carbons (Fsp3) is 0.571. The van der Waals surface area contributed by atoms with Crippen molar-refractivity contribution >= 4 is 23.8 Å². The van der Waals surface area contributed by atoms with E-state index in [0.717, 1.165) is 25.7 Å². The van der Waals surface area contributed by atoms with Gasteiger partial charge in [0.15, 0.2) is 0 Å². The molecule has 1 fully saturated rings. The minimum atomic E-state index is -0.0192. The van der Waals surface area contributed by atoms with Gasteiger partial charge in [-0.2, -0.15) is 29.9 Å². The molecule has 134 valence electrons. The molecule has 11 heteroatoms. The molecule has 25 heavy (non-hydrogen) atoms. The minimum absolute atomic E-state index is 0.0192. The van der Waals surface area contributed by atoms with Crippen molar-refractivity contribution in [2.24, 2.45) is 0 Å². The van der Waals surface area contributed by atoms with Crippen molar-refractivity contribution in [1.29, 1.82) is 0 Å². The van der Waals surface area contributed by atoms with E-state index in [0.29, 0.717) is 24.1 Å². The highest BCUT2D eigenvalue weighted by Crippen LogP contribution is 2.39. The summed E-state index contributed by atoms with van der Waals surface area (Å²) < 4.78 is 0. The molecule has 0 aromatic carbocycles. The maximum Gasteiger partial charge on any atom is 0.227 e. The first-order chi connectivity index (χ1) is 12.0. The highest BCUT2D eigenvalue weighted by molar-refractivity contribution is 5.32. The molecule has 2 heterocycles. The van der Waals surface area contributed by atoms with Gasteiger partial charge in [0.1, 0.15) is 11.6 Å². The summed E-state index contributed by atoms with van der Waals surface area (Å²) in [5.74, 6) is 2.24. The zero-order valence-electron chi connectivity index (χ0n) is 13.8. The first kappa shape index (κ1) is 17.0. The molecule has 0 spiro atoms. The van der Waals surface area contributed by atoms with Crippen molar-refractivity contribution in [2.75, 3.05) is 35.7 Å². The van der Waals surface area contributed by atoms with Crippen LogP contribution in [0.1, 0.15) is 49.2 Å². The maximum absolute atomic E-state index is 8.92. The van der Waals surface area contributed by atoms with Crippen LogP contribution in [-0.4, -0.2) is 48.2 Å². The first-order valence-electron chi connectivity index (χ1n) is 8.18. The lowest BCUT2D eigenvalue weighted by Gasteiger charge is -2.27. The summed E-state index contributed by atoms with van der Waals surface area (Å²) in [6, 6.07) is 0. The van der Waals surface area contributed by atoms with E-state index in [1.54, 1.807) is 0 Å². The molecule has 1 saturated carbocycles. The SMILES string of the molecule is Nc1nc(N)nc(C2CCCC(c3nc(N)nc(NCCO)n3)C2)n1. The van der Waals surface area contributed by atoms with Gasteiger partial charge in [0.2, 0.25) is 23.8 Å². The van der Waals surface area contributed by atoms with Crippen LogP contribution in [0.3, 0.4) is 0 Å². The van der Waals surface area contributed by atoms with Gasteiger partial charge in [-0.3, -0.25) is 0 Å². The quantitative estimate of drug-likeness (QED) is 0.476. The number of rotatable bonds is 5. The predicted octanol–water partition coefficient (Wildman–Crippen LogP) is -0.351. The van der Waals surface area contributed by atoms with E-state index >= 15 is 0 Å². The van der Waals surface area contributed by atoms with E-state index < -0.39 is 0 Å². The van der Waals surface area contributed by atoms with Crippen LogP contribution in [0, 0.1) is 0 Å². The van der Waals surface area contributed by atoms with Gasteiger partial charge in [0.05, 0.1) is 6.61 Å². The number of nitrogens with one attached hydrogen (secondary N) is 1. The Morgan fingerprint density at radius 1 is 0.840 bits per heavy atom. The van der Waals surface area contributed by atoms with Crippen molar-refractivity contribution in [3.63, 3.8) is 0 Å². The Kier molecular flexibility index (Phi) is 5.03. The molecule has 8 N–H and O–H groups in total. The minimum Gasteiger partial charge on any atom is -0.395 e. The molecule has 1 aliphatic rings. The summed E-state index contributed by atoms with van der Waals surface area (Å²) in [6.45, 7) is 0.328. The summed E-state index contributed by atoms with van der Waals surface area (Å²) in [6.07, 6.45) is 3.63. The van der Waals surface area contributed by atoms with Gasteiger partial charge in [-0.05, 0) is 19.3 Å². The van der Waals surface area contributed by atoms with Gasteiger partial charge >= 0.3 is 0 Å². The number of aliphatic hydroxyl groups is 1. The average Bonchev–Trinajstić information content (AvgIpc) is 2.59. The molecule has 0 aliphatic heterocycles. The second-order valence-electron chi connectivity index (χ2n) is 6.00. The van der Waals surface area contributed by atoms with Crippen LogP contribution in [0.4, 0.5) is 23.8 Å². The van der Waals surface area contributed by atoms with Crippen LogP contribution in [0.5, 0.6) is 0 Å². The molecule has 2 aromatic rings. The monoisotopic (exact) mass is 346 g/mol. The Balaban J connectivity index is 1.80. The van der Waals surface area contributed by atoms with Crippen LogP contribution >= 0.6 is 0 Å². The number of aromatic nitrogens is 6. The largest absolute Gasteiger partial charge is 0.395 e. The second kappa shape index (κ2) is 7.38. The molecule has 2 unspecified atom stereocenters. The molecule has 2 atom stereocenters. The van der Waals surface area contributed by atoms with Crippen molar-refractivity contribution in [3.05, 3.63) is 11.6 Å². The predicted molar refractivity (Wildman–Crippen MR) is 92.4 cm³/mol. The summed E-state index contributed by atoms with van der Waals surface area (Å²) in [4.78, 5) is 25.0. The average molecular weight is 346 g/mol. The molecule has 0 bridgehead atoms. The van der Waals surface area contributed by atoms with Gasteiger partial charge in [-0.1, -0.05) is 6.42 Å². The molecule has 0 saturated heterocycles. The molecular weight excluding hydrogens is 324 g/mol. The van der Waals surface area contributed by atoms with E-state index in [1.165, 1.54) is 0 Å². The molecule has 1 aliphatic carbocycles. The zero-order chi connectivity index (χ0) is 17.8. The van der Waals surface area contributed by atoms with E-state index in [9.17, 15) is 0 Å². The number of aliphatic hydroxyl groups excluding tert-OH is 1. The van der Waals surface area contributed by atoms with Gasteiger partial charge in [-0.25, -0.2) is 0 Å². The Bertz CT molecular complexity index is 719. The summed E-state index contributed by atoms with van der Waals surface area (Å²) >= 11 is 0. The second-order valence-corrected chi connectivity index (χ2v) is 6.00. The molecule has 2 aromatic heterocycles. The molecule has 11 nitrogen and oxygen atoms in total. The lowest BCUT2D eigenvalue weighted by molar-refractivity contribution is 0.310. The number of nitrogen functional groups attached to an aromatic ring is 3. The lowest BCUT2D eigenvalue weighted by atomic mass is 9.80. The van der Waals surface area contributed by atoms with Crippen molar-refractivity contribution in [2.45, 2.75) is 37.5 Å². The summed E-state index contributed by atoms with van der Waals surface area (Å²) in [5, 5.41) is 11.8. The molecule has 0 radical (unpaired) electrons. The standard InChI is InChI=1S/C14H22N10O/c15-11-19-9(20-12(16)23-11)7-2-1-3-8(6-7)10-21-13(17)24-14(22-10)18-4-5-25/h7-8,25H,1-6H2,(H4,15,16,19,20,23)(H3,17,18,21,22,24). The summed E-state index contributed by atoms with van der Waals surface area (Å²) in [5.41, 5.74) is 17.1. The third kappa shape index (κ3) is 4.18. The highest BCUT2D eigenvalue weighted by Gasteiger charge is 2.29. The van der Waals surface area contributed by atoms with Gasteiger partial charge in [-0.15, -0.1) is 0 Å². The van der Waals surface area contributed by atoms with Crippen LogP contribution in [-0.2, 0) is 0 Å². The fourth-order valence-electron chi connectivity index (χ4n) is 3.11. The smallest absolute Gasteiger partial charge is 0.227 e. The third-order valence-electron chi connectivity index (χ3n) is 4.16. The first-order valence-corrected chi connectivity index (χ1v) is 8.18. The van der Waals surface area contributed by atoms with Crippen LogP contribution in [0.2, 0.25) is 0 Å². The lowest BCUT2D eigenvalue weighted by Crippen LogP contribution is -2.20. The topological polar surface area (TPSA) is 188 Å². The van der Waals surface area contributed by atoms with Crippen molar-refractivity contribution < 1.29 is 5.11 Å².